The topological polar surface area (TPSA) is 85.1 Å². The minimum Gasteiger partial charge on any atom is -0.340 e. The summed E-state index contributed by atoms with van der Waals surface area (Å²) in [6.07, 6.45) is 0. The first-order valence-electron chi connectivity index (χ1n) is 9.53. The van der Waals surface area contributed by atoms with Crippen molar-refractivity contribution in [1.29, 1.82) is 0 Å². The predicted molar refractivity (Wildman–Crippen MR) is 114 cm³/mol. The third kappa shape index (κ3) is 4.08. The van der Waals surface area contributed by atoms with Crippen molar-refractivity contribution in [3.63, 3.8) is 0 Å². The molecule has 7 nitrogen and oxygen atoms in total. The van der Waals surface area contributed by atoms with Gasteiger partial charge in [-0.15, -0.1) is 0 Å². The lowest BCUT2D eigenvalue weighted by molar-refractivity contribution is -0.118. The number of nitrogens with one attached hydrogen (secondary N) is 2. The molecule has 0 bridgehead atoms. The Morgan fingerprint density at radius 3 is 2.31 bits per heavy atom. The highest BCUT2D eigenvalue weighted by molar-refractivity contribution is 6.02. The van der Waals surface area contributed by atoms with Gasteiger partial charge >= 0.3 is 5.69 Å². The molecule has 3 aromatic rings. The second-order valence-electron chi connectivity index (χ2n) is 7.66. The van der Waals surface area contributed by atoms with Crippen LogP contribution in [0.4, 0.5) is 5.69 Å². The van der Waals surface area contributed by atoms with Crippen LogP contribution in [0.5, 0.6) is 0 Å². The summed E-state index contributed by atoms with van der Waals surface area (Å²) in [4.78, 5) is 37.6. The minimum absolute atomic E-state index is 0.103. The molecule has 1 aromatic heterocycles. The van der Waals surface area contributed by atoms with E-state index in [1.165, 1.54) is 4.57 Å². The molecule has 29 heavy (non-hydrogen) atoms. The normalized spacial score (nSPS) is 12.2. The number of aromatic nitrogens is 2. The summed E-state index contributed by atoms with van der Waals surface area (Å²) in [5.41, 5.74) is 3.44. The lowest BCUT2D eigenvalue weighted by Crippen LogP contribution is -2.47. The Bertz CT molecular complexity index is 1140. The Hall–Kier alpha value is -3.35. The molecular weight excluding hydrogens is 368 g/mol. The molecule has 0 fully saturated rings. The molecule has 2 N–H and O–H groups in total. The average Bonchev–Trinajstić information content (AvgIpc) is 2.89. The molecular formula is C22H26N4O3. The van der Waals surface area contributed by atoms with Gasteiger partial charge < -0.3 is 10.6 Å². The van der Waals surface area contributed by atoms with Crippen molar-refractivity contribution < 1.29 is 9.59 Å². The number of carbonyl (C=O) groups is 2. The summed E-state index contributed by atoms with van der Waals surface area (Å²) >= 11 is 0. The molecule has 1 unspecified atom stereocenters. The van der Waals surface area contributed by atoms with Crippen molar-refractivity contribution in [2.45, 2.75) is 26.8 Å². The number of amides is 2. The van der Waals surface area contributed by atoms with Gasteiger partial charge in [0.2, 0.25) is 5.91 Å². The number of carbonyl (C=O) groups excluding carboxylic acids is 2. The van der Waals surface area contributed by atoms with E-state index >= 15 is 0 Å². The quantitative estimate of drug-likeness (QED) is 0.698. The van der Waals surface area contributed by atoms with Crippen LogP contribution in [0.3, 0.4) is 0 Å². The lowest BCUT2D eigenvalue weighted by Gasteiger charge is -2.22. The number of anilines is 1. The molecule has 2 amide bonds. The van der Waals surface area contributed by atoms with Gasteiger partial charge in [0.1, 0.15) is 6.04 Å². The van der Waals surface area contributed by atoms with Gasteiger partial charge in [-0.1, -0.05) is 31.5 Å². The molecule has 0 spiro atoms. The van der Waals surface area contributed by atoms with Gasteiger partial charge in [0.25, 0.3) is 5.91 Å². The first-order chi connectivity index (χ1) is 13.7. The highest BCUT2D eigenvalue weighted by Crippen LogP contribution is 2.18. The number of benzene rings is 2. The molecule has 1 atom stereocenters. The van der Waals surface area contributed by atoms with Gasteiger partial charge in [-0.2, -0.15) is 0 Å². The van der Waals surface area contributed by atoms with Crippen LogP contribution >= 0.6 is 0 Å². The largest absolute Gasteiger partial charge is 0.340 e. The number of aryl methyl sites for hydroxylation is 3. The zero-order valence-corrected chi connectivity index (χ0v) is 17.3. The third-order valence-electron chi connectivity index (χ3n) is 5.06. The monoisotopic (exact) mass is 394 g/mol. The predicted octanol–water partition coefficient (Wildman–Crippen LogP) is 2.58. The average molecular weight is 394 g/mol. The summed E-state index contributed by atoms with van der Waals surface area (Å²) in [6.45, 7) is 5.67. The molecule has 1 heterocycles. The third-order valence-corrected chi connectivity index (χ3v) is 5.06. The van der Waals surface area contributed by atoms with Crippen molar-refractivity contribution in [1.82, 2.24) is 14.5 Å². The number of fused-ring (bicyclic) bond motifs is 1. The second kappa shape index (κ2) is 7.95. The van der Waals surface area contributed by atoms with E-state index in [0.29, 0.717) is 11.3 Å². The zero-order chi connectivity index (χ0) is 21.3. The molecule has 7 heteroatoms. The van der Waals surface area contributed by atoms with E-state index in [-0.39, 0.29) is 23.4 Å². The molecule has 0 saturated carbocycles. The van der Waals surface area contributed by atoms with E-state index in [1.807, 2.05) is 32.9 Å². The van der Waals surface area contributed by atoms with Crippen molar-refractivity contribution in [3.8, 4) is 0 Å². The Kier molecular flexibility index (Phi) is 5.59. The fourth-order valence-electron chi connectivity index (χ4n) is 3.35. The van der Waals surface area contributed by atoms with Crippen LogP contribution in [-0.4, -0.2) is 27.0 Å². The van der Waals surface area contributed by atoms with Gasteiger partial charge in [-0.3, -0.25) is 18.7 Å². The van der Waals surface area contributed by atoms with Crippen LogP contribution in [0.1, 0.15) is 29.8 Å². The van der Waals surface area contributed by atoms with Crippen LogP contribution in [-0.2, 0) is 18.9 Å². The fraction of sp³-hybridized carbons (Fsp3) is 0.318. The molecule has 152 valence electrons. The Labute approximate surface area is 169 Å². The van der Waals surface area contributed by atoms with E-state index in [9.17, 15) is 14.4 Å². The van der Waals surface area contributed by atoms with Crippen LogP contribution in [0.2, 0.25) is 0 Å². The summed E-state index contributed by atoms with van der Waals surface area (Å²) in [7, 11) is 3.40. The number of rotatable bonds is 5. The lowest BCUT2D eigenvalue weighted by atomic mass is 10.0. The smallest absolute Gasteiger partial charge is 0.328 e. The van der Waals surface area contributed by atoms with E-state index < -0.39 is 6.04 Å². The Morgan fingerprint density at radius 2 is 1.66 bits per heavy atom. The molecule has 2 aromatic carbocycles. The zero-order valence-electron chi connectivity index (χ0n) is 17.3. The second-order valence-corrected chi connectivity index (χ2v) is 7.66. The summed E-state index contributed by atoms with van der Waals surface area (Å²) in [6, 6.07) is 11.8. The highest BCUT2D eigenvalue weighted by atomic mass is 16.2. The minimum atomic E-state index is -0.696. The van der Waals surface area contributed by atoms with Crippen LogP contribution in [0, 0.1) is 12.8 Å². The number of hydrogen-bond donors (Lipinski definition) is 2. The van der Waals surface area contributed by atoms with Crippen molar-refractivity contribution in [2.24, 2.45) is 20.0 Å². The molecule has 3 rings (SSSR count). The maximum absolute atomic E-state index is 12.9. The summed E-state index contributed by atoms with van der Waals surface area (Å²) in [5, 5.41) is 5.69. The molecule has 0 saturated heterocycles. The van der Waals surface area contributed by atoms with Crippen LogP contribution in [0.15, 0.2) is 47.3 Å². The van der Waals surface area contributed by atoms with Gasteiger partial charge in [0.05, 0.1) is 11.0 Å². The van der Waals surface area contributed by atoms with E-state index in [1.54, 1.807) is 49.0 Å². The highest BCUT2D eigenvalue weighted by Gasteiger charge is 2.25. The summed E-state index contributed by atoms with van der Waals surface area (Å²) < 4.78 is 3.09. The Balaban J connectivity index is 1.81. The molecule has 0 aliphatic rings. The molecule has 0 aliphatic carbocycles. The number of imidazole rings is 1. The number of nitrogens with zero attached hydrogens (tertiary/aromatic N) is 2. The molecule has 0 radical (unpaired) electrons. The first-order valence-corrected chi connectivity index (χ1v) is 9.53. The maximum Gasteiger partial charge on any atom is 0.328 e. The Morgan fingerprint density at radius 1 is 0.966 bits per heavy atom. The van der Waals surface area contributed by atoms with E-state index in [2.05, 4.69) is 10.6 Å². The first kappa shape index (κ1) is 20.4. The summed E-state index contributed by atoms with van der Waals surface area (Å²) in [5.74, 6) is -0.696. The molecule has 0 aliphatic heterocycles. The van der Waals surface area contributed by atoms with E-state index in [4.69, 9.17) is 0 Å². The van der Waals surface area contributed by atoms with Gasteiger partial charge in [-0.05, 0) is 43.2 Å². The standard InChI is InChI=1S/C22H26N4O3/c1-13(2)19(24-20(27)15-8-6-7-14(3)11-15)21(28)23-16-9-10-17-18(12-16)26(5)22(29)25(17)4/h6-13,19H,1-5H3,(H,23,28)(H,24,27). The van der Waals surface area contributed by atoms with Crippen molar-refractivity contribution in [2.75, 3.05) is 5.32 Å². The van der Waals surface area contributed by atoms with Crippen LogP contribution in [0.25, 0.3) is 11.0 Å². The van der Waals surface area contributed by atoms with Gasteiger partial charge in [0.15, 0.2) is 0 Å². The van der Waals surface area contributed by atoms with Gasteiger partial charge in [-0.25, -0.2) is 4.79 Å². The van der Waals surface area contributed by atoms with Gasteiger partial charge in [0, 0.05) is 25.3 Å². The SMILES string of the molecule is Cc1cccc(C(=O)NC(C(=O)Nc2ccc3c(c2)n(C)c(=O)n3C)C(C)C)c1. The van der Waals surface area contributed by atoms with Crippen molar-refractivity contribution >= 4 is 28.5 Å². The van der Waals surface area contributed by atoms with E-state index in [0.717, 1.165) is 16.6 Å². The van der Waals surface area contributed by atoms with Crippen molar-refractivity contribution in [3.05, 3.63) is 64.1 Å². The maximum atomic E-state index is 12.9. The van der Waals surface area contributed by atoms with Crippen LogP contribution < -0.4 is 16.3 Å². The number of hydrogen-bond acceptors (Lipinski definition) is 3. The fourth-order valence-corrected chi connectivity index (χ4v) is 3.35.